The number of hydrogen-bond acceptors (Lipinski definition) is 3. The van der Waals surface area contributed by atoms with Crippen LogP contribution in [0.25, 0.3) is 0 Å². The normalized spacial score (nSPS) is 14.1. The van der Waals surface area contributed by atoms with Gasteiger partial charge < -0.3 is 9.63 Å². The van der Waals surface area contributed by atoms with Crippen LogP contribution in [-0.2, 0) is 9.09 Å². The van der Waals surface area contributed by atoms with Crippen molar-refractivity contribution in [3.05, 3.63) is 54.1 Å². The summed E-state index contributed by atoms with van der Waals surface area (Å²) in [5.74, 6) is -0.0109. The molecule has 0 aliphatic carbocycles. The minimum Gasteiger partial charge on any atom is -0.507 e. The molecule has 0 spiro atoms. The molecule has 0 bridgehead atoms. The Balaban J connectivity index is 2.59. The quantitative estimate of drug-likeness (QED) is 0.865. The van der Waals surface area contributed by atoms with Crippen LogP contribution in [-0.4, -0.2) is 12.2 Å². The van der Waals surface area contributed by atoms with Gasteiger partial charge in [-0.05, 0) is 31.2 Å². The molecule has 0 saturated carbocycles. The van der Waals surface area contributed by atoms with Crippen molar-refractivity contribution < 1.29 is 14.2 Å². The largest absolute Gasteiger partial charge is 0.507 e. The van der Waals surface area contributed by atoms with E-state index in [1.807, 2.05) is 19.1 Å². The van der Waals surface area contributed by atoms with Crippen LogP contribution in [0.5, 0.6) is 5.75 Å². The maximum Gasteiger partial charge on any atom is 0.264 e. The maximum absolute atomic E-state index is 12.9. The van der Waals surface area contributed by atoms with Crippen molar-refractivity contribution in [3.63, 3.8) is 0 Å². The second-order valence-corrected chi connectivity index (χ2v) is 6.52. The summed E-state index contributed by atoms with van der Waals surface area (Å²) in [6.07, 6.45) is 0. The molecule has 2 aromatic rings. The van der Waals surface area contributed by atoms with Crippen LogP contribution < -0.4 is 10.6 Å². The molecule has 3 nitrogen and oxygen atoms in total. The van der Waals surface area contributed by atoms with E-state index in [4.69, 9.17) is 4.52 Å². The first-order valence-electron chi connectivity index (χ1n) is 5.59. The molecule has 0 radical (unpaired) electrons. The summed E-state index contributed by atoms with van der Waals surface area (Å²) >= 11 is 0. The van der Waals surface area contributed by atoms with E-state index in [-0.39, 0.29) is 5.75 Å². The fourth-order valence-electron chi connectivity index (χ4n) is 1.80. The molecular formula is C14H15O3P. The summed E-state index contributed by atoms with van der Waals surface area (Å²) in [6.45, 7) is 1.96. The van der Waals surface area contributed by atoms with E-state index >= 15 is 0 Å². The van der Waals surface area contributed by atoms with Crippen molar-refractivity contribution in [2.45, 2.75) is 6.92 Å². The van der Waals surface area contributed by atoms with E-state index in [2.05, 4.69) is 0 Å². The third-order valence-electron chi connectivity index (χ3n) is 2.83. The third kappa shape index (κ3) is 2.20. The molecule has 1 atom stereocenters. The number of phenols is 1. The number of aryl methyl sites for hydroxylation is 1. The molecule has 0 aliphatic rings. The lowest BCUT2D eigenvalue weighted by Gasteiger charge is -2.18. The zero-order valence-electron chi connectivity index (χ0n) is 10.3. The van der Waals surface area contributed by atoms with Crippen LogP contribution >= 0.6 is 7.37 Å². The van der Waals surface area contributed by atoms with Gasteiger partial charge in [-0.15, -0.1) is 0 Å². The number of hydrogen-bond donors (Lipinski definition) is 1. The molecule has 0 aromatic heterocycles. The maximum atomic E-state index is 12.9. The van der Waals surface area contributed by atoms with Crippen LogP contribution in [0.4, 0.5) is 0 Å². The molecule has 0 aliphatic heterocycles. The van der Waals surface area contributed by atoms with Gasteiger partial charge in [0, 0.05) is 12.4 Å². The van der Waals surface area contributed by atoms with Crippen molar-refractivity contribution in [2.75, 3.05) is 7.11 Å². The molecule has 0 heterocycles. The van der Waals surface area contributed by atoms with Crippen molar-refractivity contribution >= 4 is 18.0 Å². The summed E-state index contributed by atoms with van der Waals surface area (Å²) in [7, 11) is -1.82. The van der Waals surface area contributed by atoms with Gasteiger partial charge in [-0.2, -0.15) is 0 Å². The first-order chi connectivity index (χ1) is 8.58. The van der Waals surface area contributed by atoms with E-state index in [1.165, 1.54) is 13.2 Å². The molecule has 2 aromatic carbocycles. The van der Waals surface area contributed by atoms with Crippen molar-refractivity contribution in [1.82, 2.24) is 0 Å². The molecule has 1 unspecified atom stereocenters. The first kappa shape index (κ1) is 12.9. The minimum atomic E-state index is -3.21. The van der Waals surface area contributed by atoms with Gasteiger partial charge in [-0.25, -0.2) is 0 Å². The van der Waals surface area contributed by atoms with Gasteiger partial charge in [-0.3, -0.25) is 4.57 Å². The average molecular weight is 262 g/mol. The van der Waals surface area contributed by atoms with Crippen LogP contribution in [0.3, 0.4) is 0 Å². The van der Waals surface area contributed by atoms with Gasteiger partial charge in [-0.1, -0.05) is 29.8 Å². The lowest BCUT2D eigenvalue weighted by atomic mass is 10.2. The number of phenolic OH excluding ortho intramolecular Hbond substituents is 1. The number of rotatable bonds is 3. The van der Waals surface area contributed by atoms with Crippen molar-refractivity contribution in [3.8, 4) is 5.75 Å². The topological polar surface area (TPSA) is 46.5 Å². The highest BCUT2D eigenvalue weighted by Gasteiger charge is 2.29. The van der Waals surface area contributed by atoms with E-state index in [0.29, 0.717) is 10.6 Å². The van der Waals surface area contributed by atoms with E-state index < -0.39 is 7.37 Å². The fraction of sp³-hybridized carbons (Fsp3) is 0.143. The highest BCUT2D eigenvalue weighted by atomic mass is 31.2. The highest BCUT2D eigenvalue weighted by molar-refractivity contribution is 7.74. The smallest absolute Gasteiger partial charge is 0.264 e. The molecule has 0 amide bonds. The van der Waals surface area contributed by atoms with Crippen LogP contribution in [0.2, 0.25) is 0 Å². The monoisotopic (exact) mass is 262 g/mol. The van der Waals surface area contributed by atoms with Crippen molar-refractivity contribution in [2.24, 2.45) is 0 Å². The lowest BCUT2D eigenvalue weighted by molar-refractivity contribution is 0.409. The molecule has 1 N–H and O–H groups in total. The minimum absolute atomic E-state index is 0.0109. The summed E-state index contributed by atoms with van der Waals surface area (Å²) in [6, 6.07) is 13.8. The average Bonchev–Trinajstić information content (AvgIpc) is 2.39. The second kappa shape index (κ2) is 4.97. The Morgan fingerprint density at radius 1 is 1.06 bits per heavy atom. The van der Waals surface area contributed by atoms with Crippen LogP contribution in [0.1, 0.15) is 5.56 Å². The SMILES string of the molecule is COP(=O)(c1ccc(C)cc1)c1ccccc1O. The predicted molar refractivity (Wildman–Crippen MR) is 73.2 cm³/mol. The van der Waals surface area contributed by atoms with Crippen molar-refractivity contribution in [1.29, 1.82) is 0 Å². The Kier molecular flexibility index (Phi) is 3.55. The number of para-hydroxylation sites is 1. The summed E-state index contributed by atoms with van der Waals surface area (Å²) < 4.78 is 18.2. The van der Waals surface area contributed by atoms with Crippen LogP contribution in [0, 0.1) is 6.92 Å². The zero-order chi connectivity index (χ0) is 13.2. The molecule has 0 fully saturated rings. The van der Waals surface area contributed by atoms with Gasteiger partial charge in [0.15, 0.2) is 0 Å². The van der Waals surface area contributed by atoms with E-state index in [0.717, 1.165) is 5.56 Å². The van der Waals surface area contributed by atoms with Gasteiger partial charge in [0.2, 0.25) is 0 Å². The zero-order valence-corrected chi connectivity index (χ0v) is 11.2. The van der Waals surface area contributed by atoms with E-state index in [1.54, 1.807) is 30.3 Å². The van der Waals surface area contributed by atoms with Gasteiger partial charge in [0.1, 0.15) is 5.75 Å². The third-order valence-corrected chi connectivity index (χ3v) is 5.33. The Labute approximate surface area is 107 Å². The second-order valence-electron chi connectivity index (χ2n) is 4.06. The highest BCUT2D eigenvalue weighted by Crippen LogP contribution is 2.45. The predicted octanol–water partition coefficient (Wildman–Crippen LogP) is 2.58. The molecule has 4 heteroatoms. The molecule has 0 saturated heterocycles. The Morgan fingerprint density at radius 2 is 1.67 bits per heavy atom. The Bertz CT molecular complexity index is 590. The lowest BCUT2D eigenvalue weighted by Crippen LogP contribution is -2.17. The molecular weight excluding hydrogens is 247 g/mol. The molecule has 18 heavy (non-hydrogen) atoms. The van der Waals surface area contributed by atoms with Gasteiger partial charge in [0.25, 0.3) is 7.37 Å². The summed E-state index contributed by atoms with van der Waals surface area (Å²) in [4.78, 5) is 0. The standard InChI is InChI=1S/C14H15O3P/c1-11-7-9-12(10-8-11)18(16,17-2)14-6-4-3-5-13(14)15/h3-10,15H,1-2H3. The molecule has 94 valence electrons. The Hall–Kier alpha value is -1.57. The Morgan fingerprint density at radius 3 is 2.22 bits per heavy atom. The number of aromatic hydroxyl groups is 1. The van der Waals surface area contributed by atoms with Crippen LogP contribution in [0.15, 0.2) is 48.5 Å². The molecule has 2 rings (SSSR count). The summed E-state index contributed by atoms with van der Waals surface area (Å²) in [5.41, 5.74) is 1.08. The van der Waals surface area contributed by atoms with Gasteiger partial charge >= 0.3 is 0 Å². The van der Waals surface area contributed by atoms with Gasteiger partial charge in [0.05, 0.1) is 5.30 Å². The number of benzene rings is 2. The fourth-order valence-corrected chi connectivity index (χ4v) is 3.68. The first-order valence-corrected chi connectivity index (χ1v) is 7.22. The van der Waals surface area contributed by atoms with E-state index in [9.17, 15) is 9.67 Å². The summed E-state index contributed by atoms with van der Waals surface area (Å²) in [5, 5.41) is 10.8.